The van der Waals surface area contributed by atoms with E-state index in [1.54, 1.807) is 41.3 Å². The van der Waals surface area contributed by atoms with E-state index < -0.39 is 16.1 Å². The molecule has 3 aromatic carbocycles. The molecule has 1 amide bonds. The van der Waals surface area contributed by atoms with Crippen molar-refractivity contribution in [3.8, 4) is 6.07 Å². The molecule has 1 atom stereocenters. The van der Waals surface area contributed by atoms with E-state index in [1.807, 2.05) is 30.3 Å². The Labute approximate surface area is 175 Å². The van der Waals surface area contributed by atoms with Gasteiger partial charge < -0.3 is 4.90 Å². The number of hydrogen-bond donors (Lipinski definition) is 1. The van der Waals surface area contributed by atoms with Crippen LogP contribution in [-0.4, -0.2) is 20.4 Å². The average molecular weight is 417 g/mol. The number of sulfonamides is 1. The number of carbonyl (C=O) groups excluding carboxylic acids is 1. The number of carbonyl (C=O) groups is 1. The second-order valence-electron chi connectivity index (χ2n) is 7.06. The zero-order chi connectivity index (χ0) is 21.1. The van der Waals surface area contributed by atoms with Crippen LogP contribution >= 0.6 is 0 Å². The Morgan fingerprint density at radius 2 is 1.67 bits per heavy atom. The van der Waals surface area contributed by atoms with Gasteiger partial charge in [-0.05, 0) is 47.9 Å². The third kappa shape index (κ3) is 3.96. The lowest BCUT2D eigenvalue weighted by Gasteiger charge is -2.34. The lowest BCUT2D eigenvalue weighted by atomic mass is 9.95. The summed E-state index contributed by atoms with van der Waals surface area (Å²) < 4.78 is 28.2. The van der Waals surface area contributed by atoms with Gasteiger partial charge in [-0.15, -0.1) is 0 Å². The van der Waals surface area contributed by atoms with Crippen molar-refractivity contribution in [2.75, 3.05) is 4.90 Å². The second-order valence-corrected chi connectivity index (χ2v) is 8.77. The van der Waals surface area contributed by atoms with Gasteiger partial charge in [0, 0.05) is 5.69 Å². The highest BCUT2D eigenvalue weighted by Crippen LogP contribution is 2.31. The van der Waals surface area contributed by atoms with Crippen LogP contribution < -0.4 is 9.62 Å². The number of nitriles is 1. The lowest BCUT2D eigenvalue weighted by Crippen LogP contribution is -2.52. The molecule has 3 aromatic rings. The summed E-state index contributed by atoms with van der Waals surface area (Å²) in [5.41, 5.74) is 2.84. The summed E-state index contributed by atoms with van der Waals surface area (Å²) in [6.45, 7) is 0.308. The zero-order valence-corrected chi connectivity index (χ0v) is 16.8. The highest BCUT2D eigenvalue weighted by molar-refractivity contribution is 7.89. The number of hydrogen-bond acceptors (Lipinski definition) is 4. The van der Waals surface area contributed by atoms with Crippen molar-refractivity contribution in [3.05, 3.63) is 95.6 Å². The minimum atomic E-state index is -3.87. The van der Waals surface area contributed by atoms with Gasteiger partial charge in [0.05, 0.1) is 23.1 Å². The van der Waals surface area contributed by atoms with Crippen LogP contribution in [0.4, 0.5) is 5.69 Å². The monoisotopic (exact) mass is 417 g/mol. The largest absolute Gasteiger partial charge is 0.306 e. The molecule has 0 aromatic heterocycles. The molecular formula is C23H19N3O3S. The molecule has 1 heterocycles. The van der Waals surface area contributed by atoms with E-state index in [-0.39, 0.29) is 17.2 Å². The van der Waals surface area contributed by atoms with Gasteiger partial charge in [0.25, 0.3) is 0 Å². The van der Waals surface area contributed by atoms with E-state index in [0.29, 0.717) is 17.8 Å². The first-order chi connectivity index (χ1) is 14.5. The molecule has 1 aliphatic rings. The highest BCUT2D eigenvalue weighted by Gasteiger charge is 2.35. The van der Waals surface area contributed by atoms with E-state index in [2.05, 4.69) is 10.8 Å². The third-order valence-electron chi connectivity index (χ3n) is 5.02. The maximum Gasteiger partial charge on any atom is 0.245 e. The van der Waals surface area contributed by atoms with Gasteiger partial charge in [-0.2, -0.15) is 9.98 Å². The number of rotatable bonds is 5. The first-order valence-corrected chi connectivity index (χ1v) is 10.9. The van der Waals surface area contributed by atoms with Crippen molar-refractivity contribution in [1.29, 1.82) is 5.26 Å². The van der Waals surface area contributed by atoms with Gasteiger partial charge in [0.15, 0.2) is 0 Å². The van der Waals surface area contributed by atoms with Gasteiger partial charge in [-0.1, -0.05) is 48.5 Å². The zero-order valence-electron chi connectivity index (χ0n) is 16.0. The standard InChI is InChI=1S/C23H19N3O3S/c24-15-18-11-12-22-19(13-18)14-21(25-30(28,29)20-9-5-2-6-10-20)23(27)26(22)16-17-7-3-1-4-8-17/h1-13,21,25H,14,16H2/t21-/m0/s1. The molecular weight excluding hydrogens is 398 g/mol. The minimum Gasteiger partial charge on any atom is -0.306 e. The number of benzene rings is 3. The molecule has 0 fully saturated rings. The smallest absolute Gasteiger partial charge is 0.245 e. The fourth-order valence-electron chi connectivity index (χ4n) is 3.57. The normalized spacial score (nSPS) is 16.0. The van der Waals surface area contributed by atoms with Crippen molar-refractivity contribution in [2.45, 2.75) is 23.9 Å². The summed E-state index contributed by atoms with van der Waals surface area (Å²) in [6, 6.07) is 23.7. The maximum atomic E-state index is 13.3. The molecule has 1 N–H and O–H groups in total. The molecule has 0 saturated carbocycles. The first-order valence-electron chi connectivity index (χ1n) is 9.43. The van der Waals surface area contributed by atoms with Crippen molar-refractivity contribution < 1.29 is 13.2 Å². The van der Waals surface area contributed by atoms with Gasteiger partial charge in [0.1, 0.15) is 6.04 Å². The lowest BCUT2D eigenvalue weighted by molar-refractivity contribution is -0.120. The minimum absolute atomic E-state index is 0.101. The Morgan fingerprint density at radius 3 is 2.33 bits per heavy atom. The SMILES string of the molecule is N#Cc1ccc2c(c1)C[C@H](NS(=O)(=O)c1ccccc1)C(=O)N2Cc1ccccc1. The molecule has 1 aliphatic heterocycles. The summed E-state index contributed by atoms with van der Waals surface area (Å²) in [7, 11) is -3.87. The Bertz CT molecular complexity index is 1220. The molecule has 4 rings (SSSR count). The van der Waals surface area contributed by atoms with E-state index in [1.165, 1.54) is 12.1 Å². The van der Waals surface area contributed by atoms with Crippen LogP contribution in [0.25, 0.3) is 0 Å². The van der Waals surface area contributed by atoms with Crippen molar-refractivity contribution in [2.24, 2.45) is 0 Å². The molecule has 0 aliphatic carbocycles. The Balaban J connectivity index is 1.71. The molecule has 150 valence electrons. The molecule has 0 saturated heterocycles. The molecule has 7 heteroatoms. The van der Waals surface area contributed by atoms with Crippen LogP contribution in [0.3, 0.4) is 0 Å². The molecule has 30 heavy (non-hydrogen) atoms. The fraction of sp³-hybridized carbons (Fsp3) is 0.130. The number of fused-ring (bicyclic) bond motifs is 1. The van der Waals surface area contributed by atoms with Gasteiger partial charge in [0.2, 0.25) is 15.9 Å². The first kappa shape index (κ1) is 19.8. The predicted molar refractivity (Wildman–Crippen MR) is 113 cm³/mol. The summed E-state index contributed by atoms with van der Waals surface area (Å²) in [6.07, 6.45) is 0.182. The van der Waals surface area contributed by atoms with Crippen LogP contribution in [0.2, 0.25) is 0 Å². The van der Waals surface area contributed by atoms with Crippen molar-refractivity contribution >= 4 is 21.6 Å². The number of anilines is 1. The molecule has 0 bridgehead atoms. The van der Waals surface area contributed by atoms with Crippen LogP contribution in [0.5, 0.6) is 0 Å². The predicted octanol–water partition coefficient (Wildman–Crippen LogP) is 2.99. The Morgan fingerprint density at radius 1 is 1.00 bits per heavy atom. The second kappa shape index (κ2) is 8.11. The summed E-state index contributed by atoms with van der Waals surface area (Å²) in [4.78, 5) is 15.0. The summed E-state index contributed by atoms with van der Waals surface area (Å²) in [5, 5.41) is 9.25. The Hall–Kier alpha value is -3.47. The van der Waals surface area contributed by atoms with Crippen molar-refractivity contribution in [1.82, 2.24) is 4.72 Å². The molecule has 6 nitrogen and oxygen atoms in total. The summed E-state index contributed by atoms with van der Waals surface area (Å²) in [5.74, 6) is -0.324. The van der Waals surface area contributed by atoms with E-state index in [4.69, 9.17) is 0 Å². The van der Waals surface area contributed by atoms with Crippen LogP contribution in [0.1, 0.15) is 16.7 Å². The van der Waals surface area contributed by atoms with Gasteiger partial charge in [-0.3, -0.25) is 4.79 Å². The fourth-order valence-corrected chi connectivity index (χ4v) is 4.78. The number of nitrogens with one attached hydrogen (secondary N) is 1. The van der Waals surface area contributed by atoms with Crippen molar-refractivity contribution in [3.63, 3.8) is 0 Å². The van der Waals surface area contributed by atoms with Crippen LogP contribution in [0, 0.1) is 11.3 Å². The van der Waals surface area contributed by atoms with Crippen LogP contribution in [0.15, 0.2) is 83.8 Å². The molecule has 0 unspecified atom stereocenters. The van der Waals surface area contributed by atoms with Gasteiger partial charge in [-0.25, -0.2) is 8.42 Å². The van der Waals surface area contributed by atoms with E-state index in [9.17, 15) is 18.5 Å². The number of nitrogens with zero attached hydrogens (tertiary/aromatic N) is 2. The van der Waals surface area contributed by atoms with Crippen LogP contribution in [-0.2, 0) is 27.8 Å². The quantitative estimate of drug-likeness (QED) is 0.691. The summed E-state index contributed by atoms with van der Waals surface area (Å²) >= 11 is 0. The maximum absolute atomic E-state index is 13.3. The average Bonchev–Trinajstić information content (AvgIpc) is 2.77. The topological polar surface area (TPSA) is 90.3 Å². The molecule has 0 radical (unpaired) electrons. The third-order valence-corrected chi connectivity index (χ3v) is 6.51. The van der Waals surface area contributed by atoms with Gasteiger partial charge >= 0.3 is 0 Å². The van der Waals surface area contributed by atoms with E-state index in [0.717, 1.165) is 11.1 Å². The molecule has 0 spiro atoms. The highest BCUT2D eigenvalue weighted by atomic mass is 32.2. The number of amides is 1. The van der Waals surface area contributed by atoms with E-state index >= 15 is 0 Å². The Kier molecular flexibility index (Phi) is 5.36.